The van der Waals surface area contributed by atoms with Crippen molar-refractivity contribution in [1.82, 2.24) is 0 Å². The van der Waals surface area contributed by atoms with Crippen LogP contribution in [0.3, 0.4) is 0 Å². The number of hydrogen-bond acceptors (Lipinski definition) is 2. The molecule has 1 aliphatic rings. The molecule has 3 nitrogen and oxygen atoms in total. The highest BCUT2D eigenvalue weighted by atomic mass is 19.3. The zero-order valence-corrected chi connectivity index (χ0v) is 6.46. The molecule has 5 heteroatoms. The van der Waals surface area contributed by atoms with E-state index in [-0.39, 0.29) is 6.42 Å². The van der Waals surface area contributed by atoms with Crippen LogP contribution in [0.1, 0.15) is 19.3 Å². The molecular weight excluding hydrogens is 168 g/mol. The van der Waals surface area contributed by atoms with Gasteiger partial charge in [0.2, 0.25) is 0 Å². The van der Waals surface area contributed by atoms with Crippen molar-refractivity contribution in [2.75, 3.05) is 0 Å². The Morgan fingerprint density at radius 2 is 2.08 bits per heavy atom. The van der Waals surface area contributed by atoms with Gasteiger partial charge < -0.3 is 10.8 Å². The molecule has 1 saturated carbocycles. The lowest BCUT2D eigenvalue weighted by atomic mass is 9.84. The molecule has 3 N–H and O–H groups in total. The van der Waals surface area contributed by atoms with Crippen LogP contribution >= 0.6 is 0 Å². The van der Waals surface area contributed by atoms with Crippen molar-refractivity contribution in [3.05, 3.63) is 0 Å². The average Bonchev–Trinajstić information content (AvgIpc) is 1.82. The van der Waals surface area contributed by atoms with Gasteiger partial charge in [-0.05, 0) is 6.42 Å². The van der Waals surface area contributed by atoms with E-state index >= 15 is 0 Å². The fourth-order valence-electron chi connectivity index (χ4n) is 1.55. The lowest BCUT2D eigenvalue weighted by Crippen LogP contribution is -2.41. The van der Waals surface area contributed by atoms with Crippen molar-refractivity contribution < 1.29 is 18.7 Å². The molecule has 0 aliphatic heterocycles. The lowest BCUT2D eigenvalue weighted by molar-refractivity contribution is -0.149. The minimum Gasteiger partial charge on any atom is -0.481 e. The summed E-state index contributed by atoms with van der Waals surface area (Å²) in [6.07, 6.45) is -0.808. The van der Waals surface area contributed by atoms with E-state index in [1.54, 1.807) is 0 Å². The summed E-state index contributed by atoms with van der Waals surface area (Å²) in [6, 6.07) is -0.685. The summed E-state index contributed by atoms with van der Waals surface area (Å²) in [4.78, 5) is 10.4. The molecule has 0 aromatic carbocycles. The SMILES string of the molecule is N[C@H]1C[C@@H](C(=O)O)CC(F)(F)C1. The predicted octanol–water partition coefficient (Wildman–Crippen LogP) is 0.834. The maximum Gasteiger partial charge on any atom is 0.306 e. The number of carbonyl (C=O) groups is 1. The zero-order chi connectivity index (χ0) is 9.35. The van der Waals surface area contributed by atoms with Crippen molar-refractivity contribution in [1.29, 1.82) is 0 Å². The summed E-state index contributed by atoms with van der Waals surface area (Å²) in [5.41, 5.74) is 5.30. The Balaban J connectivity index is 2.64. The fraction of sp³-hybridized carbons (Fsp3) is 0.857. The molecule has 1 fully saturated rings. The van der Waals surface area contributed by atoms with E-state index in [1.165, 1.54) is 0 Å². The number of alkyl halides is 2. The van der Waals surface area contributed by atoms with Gasteiger partial charge in [0, 0.05) is 18.9 Å². The van der Waals surface area contributed by atoms with E-state index in [4.69, 9.17) is 10.8 Å². The first kappa shape index (κ1) is 9.38. The van der Waals surface area contributed by atoms with E-state index in [1.807, 2.05) is 0 Å². The second kappa shape index (κ2) is 2.97. The van der Waals surface area contributed by atoms with Gasteiger partial charge in [0.15, 0.2) is 0 Å². The molecule has 0 spiro atoms. The second-order valence-electron chi connectivity index (χ2n) is 3.30. The quantitative estimate of drug-likeness (QED) is 0.626. The number of halogens is 2. The maximum absolute atomic E-state index is 12.7. The first-order valence-electron chi connectivity index (χ1n) is 3.77. The molecular formula is C7H11F2NO2. The van der Waals surface area contributed by atoms with Crippen LogP contribution in [0.4, 0.5) is 8.78 Å². The Morgan fingerprint density at radius 3 is 2.50 bits per heavy atom. The number of hydrogen-bond donors (Lipinski definition) is 2. The van der Waals surface area contributed by atoms with Gasteiger partial charge in [-0.2, -0.15) is 0 Å². The number of rotatable bonds is 1. The molecule has 0 amide bonds. The van der Waals surface area contributed by atoms with E-state index in [0.717, 1.165) is 0 Å². The first-order valence-corrected chi connectivity index (χ1v) is 3.77. The average molecular weight is 179 g/mol. The van der Waals surface area contributed by atoms with Crippen LogP contribution in [-0.2, 0) is 4.79 Å². The number of carboxylic acid groups (broad SMARTS) is 1. The van der Waals surface area contributed by atoms with Crippen LogP contribution in [0.25, 0.3) is 0 Å². The summed E-state index contributed by atoms with van der Waals surface area (Å²) in [5, 5.41) is 8.50. The molecule has 0 radical (unpaired) electrons. The van der Waals surface area contributed by atoms with Gasteiger partial charge >= 0.3 is 5.97 Å². The topological polar surface area (TPSA) is 63.3 Å². The molecule has 12 heavy (non-hydrogen) atoms. The van der Waals surface area contributed by atoms with Gasteiger partial charge in [-0.1, -0.05) is 0 Å². The third-order valence-electron chi connectivity index (χ3n) is 2.04. The molecule has 0 heterocycles. The maximum atomic E-state index is 12.7. The highest BCUT2D eigenvalue weighted by molar-refractivity contribution is 5.70. The van der Waals surface area contributed by atoms with E-state index in [0.29, 0.717) is 0 Å². The standard InChI is InChI=1S/C7H11F2NO2/c8-7(9)2-4(6(11)12)1-5(10)3-7/h4-5H,1-3,10H2,(H,11,12)/t4-,5+/m1/s1. The van der Waals surface area contributed by atoms with Crippen LogP contribution in [0.2, 0.25) is 0 Å². The Morgan fingerprint density at radius 1 is 1.50 bits per heavy atom. The highest BCUT2D eigenvalue weighted by Gasteiger charge is 2.42. The van der Waals surface area contributed by atoms with Gasteiger partial charge in [0.1, 0.15) is 0 Å². The molecule has 70 valence electrons. The van der Waals surface area contributed by atoms with Gasteiger partial charge in [0.05, 0.1) is 5.92 Å². The fourth-order valence-corrected chi connectivity index (χ4v) is 1.55. The minimum absolute atomic E-state index is 0.158. The van der Waals surface area contributed by atoms with Crippen LogP contribution in [0, 0.1) is 5.92 Å². The second-order valence-corrected chi connectivity index (χ2v) is 3.30. The lowest BCUT2D eigenvalue weighted by Gasteiger charge is -2.30. The molecule has 0 saturated heterocycles. The minimum atomic E-state index is -2.90. The van der Waals surface area contributed by atoms with Crippen molar-refractivity contribution in [3.8, 4) is 0 Å². The largest absolute Gasteiger partial charge is 0.481 e. The van der Waals surface area contributed by atoms with Crippen molar-refractivity contribution in [2.24, 2.45) is 11.7 Å². The first-order chi connectivity index (χ1) is 5.41. The summed E-state index contributed by atoms with van der Waals surface area (Å²) >= 11 is 0. The number of aliphatic carboxylic acids is 1. The molecule has 2 atom stereocenters. The Kier molecular flexibility index (Phi) is 2.32. The number of carboxylic acids is 1. The van der Waals surface area contributed by atoms with Crippen LogP contribution in [0.5, 0.6) is 0 Å². The molecule has 0 bridgehead atoms. The molecule has 0 aromatic heterocycles. The van der Waals surface area contributed by atoms with E-state index in [9.17, 15) is 13.6 Å². The molecule has 0 aromatic rings. The summed E-state index contributed by atoms with van der Waals surface area (Å²) in [7, 11) is 0. The van der Waals surface area contributed by atoms with Gasteiger partial charge in [-0.3, -0.25) is 4.79 Å². The third-order valence-corrected chi connectivity index (χ3v) is 2.04. The summed E-state index contributed by atoms with van der Waals surface area (Å²) < 4.78 is 25.4. The molecule has 1 rings (SSSR count). The normalized spacial score (nSPS) is 34.6. The Labute approximate surface area is 68.5 Å². The van der Waals surface area contributed by atoms with E-state index < -0.39 is 36.7 Å². The Bertz CT molecular complexity index is 196. The van der Waals surface area contributed by atoms with Gasteiger partial charge in [-0.25, -0.2) is 8.78 Å². The van der Waals surface area contributed by atoms with Crippen LogP contribution < -0.4 is 5.73 Å². The van der Waals surface area contributed by atoms with Gasteiger partial charge in [0.25, 0.3) is 5.92 Å². The Hall–Kier alpha value is -0.710. The van der Waals surface area contributed by atoms with Crippen molar-refractivity contribution in [3.63, 3.8) is 0 Å². The van der Waals surface area contributed by atoms with E-state index in [2.05, 4.69) is 0 Å². The van der Waals surface area contributed by atoms with Crippen molar-refractivity contribution in [2.45, 2.75) is 31.2 Å². The van der Waals surface area contributed by atoms with Crippen LogP contribution in [-0.4, -0.2) is 23.0 Å². The number of nitrogens with two attached hydrogens (primary N) is 1. The zero-order valence-electron chi connectivity index (χ0n) is 6.46. The smallest absolute Gasteiger partial charge is 0.306 e. The summed E-state index contributed by atoms with van der Waals surface area (Å²) in [5.74, 6) is -5.06. The van der Waals surface area contributed by atoms with Gasteiger partial charge in [-0.15, -0.1) is 0 Å². The third kappa shape index (κ3) is 2.14. The highest BCUT2D eigenvalue weighted by Crippen LogP contribution is 2.36. The van der Waals surface area contributed by atoms with Crippen LogP contribution in [0.15, 0.2) is 0 Å². The predicted molar refractivity (Wildman–Crippen MR) is 37.9 cm³/mol. The molecule has 1 aliphatic carbocycles. The monoisotopic (exact) mass is 179 g/mol. The van der Waals surface area contributed by atoms with Crippen molar-refractivity contribution >= 4 is 5.97 Å². The molecule has 0 unspecified atom stereocenters. The summed E-state index contributed by atoms with van der Waals surface area (Å²) in [6.45, 7) is 0.